The Bertz CT molecular complexity index is 1360. The fourth-order valence-electron chi connectivity index (χ4n) is 3.72. The Morgan fingerprint density at radius 2 is 1.51 bits per heavy atom. The first-order valence-electron chi connectivity index (χ1n) is 11.3. The second-order valence-electron chi connectivity index (χ2n) is 8.60. The lowest BCUT2D eigenvalue weighted by Gasteiger charge is -2.09. The van der Waals surface area contributed by atoms with Crippen LogP contribution in [0.3, 0.4) is 0 Å². The molecule has 0 spiro atoms. The summed E-state index contributed by atoms with van der Waals surface area (Å²) < 4.78 is 1.64. The minimum Gasteiger partial charge on any atom is -0.348 e. The lowest BCUT2D eigenvalue weighted by molar-refractivity contribution is 0.0949. The van der Waals surface area contributed by atoms with Crippen molar-refractivity contribution in [3.8, 4) is 0 Å². The van der Waals surface area contributed by atoms with Crippen LogP contribution >= 0.6 is 11.6 Å². The van der Waals surface area contributed by atoms with E-state index in [0.717, 1.165) is 16.7 Å². The van der Waals surface area contributed by atoms with E-state index in [1.54, 1.807) is 23.7 Å². The van der Waals surface area contributed by atoms with Crippen LogP contribution in [-0.4, -0.2) is 21.6 Å². The third kappa shape index (κ3) is 5.97. The molecule has 0 saturated heterocycles. The zero-order valence-corrected chi connectivity index (χ0v) is 20.7. The van der Waals surface area contributed by atoms with Gasteiger partial charge in [0.25, 0.3) is 11.8 Å². The van der Waals surface area contributed by atoms with E-state index < -0.39 is 0 Å². The highest BCUT2D eigenvalue weighted by Gasteiger charge is 2.20. The summed E-state index contributed by atoms with van der Waals surface area (Å²) >= 11 is 6.53. The predicted molar refractivity (Wildman–Crippen MR) is 139 cm³/mol. The Hall–Kier alpha value is -3.90. The number of hydrogen-bond acceptors (Lipinski definition) is 3. The Kier molecular flexibility index (Phi) is 7.32. The van der Waals surface area contributed by atoms with Gasteiger partial charge < -0.3 is 10.6 Å². The molecule has 4 aromatic rings. The highest BCUT2D eigenvalue weighted by molar-refractivity contribution is 6.33. The Labute approximate surface area is 209 Å². The third-order valence-corrected chi connectivity index (χ3v) is 6.08. The summed E-state index contributed by atoms with van der Waals surface area (Å²) in [6.07, 6.45) is 0. The predicted octanol–water partition coefficient (Wildman–Crippen LogP) is 5.69. The van der Waals surface area contributed by atoms with E-state index in [4.69, 9.17) is 11.6 Å². The van der Waals surface area contributed by atoms with E-state index in [1.165, 1.54) is 5.56 Å². The molecule has 3 aromatic carbocycles. The van der Waals surface area contributed by atoms with Crippen LogP contribution < -0.4 is 10.6 Å². The van der Waals surface area contributed by atoms with Crippen molar-refractivity contribution in [3.05, 3.63) is 117 Å². The second kappa shape index (κ2) is 10.6. The van der Waals surface area contributed by atoms with Gasteiger partial charge in [-0.05, 0) is 56.2 Å². The SMILES string of the molecule is Cc1ccc(Cn2nc(C)c(C(=O)NCc3cccc(NC(=O)c4ccc(C)cc4)c3)c2Cl)cc1. The van der Waals surface area contributed by atoms with Crippen molar-refractivity contribution >= 4 is 29.1 Å². The zero-order valence-electron chi connectivity index (χ0n) is 19.9. The third-order valence-electron chi connectivity index (χ3n) is 5.70. The first kappa shape index (κ1) is 24.2. The van der Waals surface area contributed by atoms with E-state index in [1.807, 2.05) is 74.5 Å². The lowest BCUT2D eigenvalue weighted by atomic mass is 10.1. The molecule has 1 aromatic heterocycles. The molecule has 0 aliphatic heterocycles. The van der Waals surface area contributed by atoms with Crippen molar-refractivity contribution in [2.45, 2.75) is 33.9 Å². The average Bonchev–Trinajstić information content (AvgIpc) is 3.12. The number of halogens is 1. The number of rotatable bonds is 7. The molecule has 6 nitrogen and oxygen atoms in total. The number of aryl methyl sites for hydroxylation is 3. The van der Waals surface area contributed by atoms with Crippen molar-refractivity contribution in [3.63, 3.8) is 0 Å². The van der Waals surface area contributed by atoms with Crippen LogP contribution in [-0.2, 0) is 13.1 Å². The number of anilines is 1. The Morgan fingerprint density at radius 3 is 2.20 bits per heavy atom. The summed E-state index contributed by atoms with van der Waals surface area (Å²) in [6.45, 7) is 6.55. The number of aromatic nitrogens is 2. The minimum absolute atomic E-state index is 0.186. The standard InChI is InChI=1S/C28H27ClN4O2/c1-18-7-11-21(12-8-18)17-33-26(29)25(20(3)32-33)28(35)30-16-22-5-4-6-24(15-22)31-27(34)23-13-9-19(2)10-14-23/h4-15H,16-17H2,1-3H3,(H,30,35)(H,31,34). The largest absolute Gasteiger partial charge is 0.348 e. The minimum atomic E-state index is -0.295. The van der Waals surface area contributed by atoms with Crippen molar-refractivity contribution in [2.24, 2.45) is 0 Å². The lowest BCUT2D eigenvalue weighted by Crippen LogP contribution is -2.23. The van der Waals surface area contributed by atoms with Gasteiger partial charge in [-0.1, -0.05) is 71.3 Å². The van der Waals surface area contributed by atoms with Crippen LogP contribution in [0.1, 0.15) is 48.7 Å². The molecule has 2 N–H and O–H groups in total. The monoisotopic (exact) mass is 486 g/mol. The van der Waals surface area contributed by atoms with E-state index in [2.05, 4.69) is 15.7 Å². The van der Waals surface area contributed by atoms with Crippen molar-refractivity contribution < 1.29 is 9.59 Å². The molecule has 4 rings (SSSR count). The molecule has 0 aliphatic rings. The van der Waals surface area contributed by atoms with Gasteiger partial charge in [-0.3, -0.25) is 9.59 Å². The molecule has 1 heterocycles. The molecule has 0 radical (unpaired) electrons. The number of amides is 2. The molecule has 35 heavy (non-hydrogen) atoms. The molecule has 0 unspecified atom stereocenters. The van der Waals surface area contributed by atoms with Gasteiger partial charge in [0.15, 0.2) is 0 Å². The molecule has 0 saturated carbocycles. The molecule has 2 amide bonds. The van der Waals surface area contributed by atoms with Crippen LogP contribution in [0.2, 0.25) is 5.15 Å². The maximum absolute atomic E-state index is 12.9. The van der Waals surface area contributed by atoms with Gasteiger partial charge in [-0.25, -0.2) is 4.68 Å². The topological polar surface area (TPSA) is 76.0 Å². The normalized spacial score (nSPS) is 10.7. The molecule has 0 bridgehead atoms. The highest BCUT2D eigenvalue weighted by atomic mass is 35.5. The molecule has 0 fully saturated rings. The summed E-state index contributed by atoms with van der Waals surface area (Å²) in [5.74, 6) is -0.480. The van der Waals surface area contributed by atoms with Crippen LogP contribution in [0, 0.1) is 20.8 Å². The summed E-state index contributed by atoms with van der Waals surface area (Å²) in [6, 6.07) is 22.9. The highest BCUT2D eigenvalue weighted by Crippen LogP contribution is 2.21. The van der Waals surface area contributed by atoms with Gasteiger partial charge in [0.2, 0.25) is 0 Å². The first-order valence-corrected chi connectivity index (χ1v) is 11.7. The molecular weight excluding hydrogens is 460 g/mol. The second-order valence-corrected chi connectivity index (χ2v) is 8.96. The average molecular weight is 487 g/mol. The summed E-state index contributed by atoms with van der Waals surface area (Å²) in [7, 11) is 0. The van der Waals surface area contributed by atoms with E-state index >= 15 is 0 Å². The number of nitrogens with one attached hydrogen (secondary N) is 2. The molecule has 178 valence electrons. The van der Waals surface area contributed by atoms with Gasteiger partial charge in [0.05, 0.1) is 17.8 Å². The number of carbonyl (C=O) groups is 2. The Morgan fingerprint density at radius 1 is 0.857 bits per heavy atom. The Balaban J connectivity index is 1.40. The first-order chi connectivity index (χ1) is 16.8. The maximum Gasteiger partial charge on any atom is 0.256 e. The summed E-state index contributed by atoms with van der Waals surface area (Å²) in [5, 5.41) is 10.6. The fraction of sp³-hybridized carbons (Fsp3) is 0.179. The molecule has 7 heteroatoms. The molecule has 0 atom stereocenters. The van der Waals surface area contributed by atoms with Crippen molar-refractivity contribution in [1.82, 2.24) is 15.1 Å². The molecular formula is C28H27ClN4O2. The van der Waals surface area contributed by atoms with Gasteiger partial charge >= 0.3 is 0 Å². The van der Waals surface area contributed by atoms with Gasteiger partial charge in [0.1, 0.15) is 5.15 Å². The summed E-state index contributed by atoms with van der Waals surface area (Å²) in [4.78, 5) is 25.4. The number of hydrogen-bond donors (Lipinski definition) is 2. The molecule has 0 aliphatic carbocycles. The maximum atomic E-state index is 12.9. The summed E-state index contributed by atoms with van der Waals surface area (Å²) in [5.41, 5.74) is 6.34. The van der Waals surface area contributed by atoms with Gasteiger partial charge in [-0.2, -0.15) is 5.10 Å². The van der Waals surface area contributed by atoms with Crippen LogP contribution in [0.15, 0.2) is 72.8 Å². The quantitative estimate of drug-likeness (QED) is 0.352. The van der Waals surface area contributed by atoms with Crippen molar-refractivity contribution in [2.75, 3.05) is 5.32 Å². The number of benzene rings is 3. The van der Waals surface area contributed by atoms with E-state index in [0.29, 0.717) is 34.2 Å². The zero-order chi connectivity index (χ0) is 24.9. The van der Waals surface area contributed by atoms with Crippen LogP contribution in [0.5, 0.6) is 0 Å². The van der Waals surface area contributed by atoms with Gasteiger partial charge in [0, 0.05) is 17.8 Å². The number of nitrogens with zero attached hydrogens (tertiary/aromatic N) is 2. The van der Waals surface area contributed by atoms with Gasteiger partial charge in [-0.15, -0.1) is 0 Å². The smallest absolute Gasteiger partial charge is 0.256 e. The van der Waals surface area contributed by atoms with Crippen molar-refractivity contribution in [1.29, 1.82) is 0 Å². The number of carbonyl (C=O) groups excluding carboxylic acids is 2. The fourth-order valence-corrected chi connectivity index (χ4v) is 4.04. The van der Waals surface area contributed by atoms with E-state index in [9.17, 15) is 9.59 Å². The van der Waals surface area contributed by atoms with Crippen LogP contribution in [0.4, 0.5) is 5.69 Å². The van der Waals surface area contributed by atoms with E-state index in [-0.39, 0.29) is 18.4 Å². The van der Waals surface area contributed by atoms with Crippen LogP contribution in [0.25, 0.3) is 0 Å².